The van der Waals surface area contributed by atoms with E-state index in [-0.39, 0.29) is 0 Å². The van der Waals surface area contributed by atoms with Crippen molar-refractivity contribution < 1.29 is 4.42 Å². The van der Waals surface area contributed by atoms with E-state index in [2.05, 4.69) is 29.4 Å². The first-order valence-electron chi connectivity index (χ1n) is 6.74. The molecular formula is C16H21ClN2O. The average molecular weight is 293 g/mol. The van der Waals surface area contributed by atoms with Crippen molar-refractivity contribution in [3.63, 3.8) is 0 Å². The molecule has 0 amide bonds. The number of rotatable bonds is 6. The lowest BCUT2D eigenvalue weighted by molar-refractivity contribution is 0.285. The molecule has 0 aliphatic rings. The maximum Gasteiger partial charge on any atom is 0.118 e. The normalized spacial score (nSPS) is 11.2. The molecule has 0 spiro atoms. The Labute approximate surface area is 125 Å². The van der Waals surface area contributed by atoms with Gasteiger partial charge in [-0.05, 0) is 44.8 Å². The number of hydrogen-bond donors (Lipinski definition) is 1. The second kappa shape index (κ2) is 6.93. The van der Waals surface area contributed by atoms with Crippen molar-refractivity contribution >= 4 is 11.6 Å². The van der Waals surface area contributed by atoms with Crippen LogP contribution in [0.15, 0.2) is 34.7 Å². The maximum absolute atomic E-state index is 6.00. The molecule has 2 aromatic rings. The fourth-order valence-corrected chi connectivity index (χ4v) is 2.51. The summed E-state index contributed by atoms with van der Waals surface area (Å²) >= 11 is 6.00. The first kappa shape index (κ1) is 15.1. The second-order valence-corrected chi connectivity index (χ2v) is 5.56. The quantitative estimate of drug-likeness (QED) is 0.882. The molecule has 1 N–H and O–H groups in total. The van der Waals surface area contributed by atoms with Crippen LogP contribution in [-0.2, 0) is 19.6 Å². The minimum absolute atomic E-state index is 0.779. The minimum Gasteiger partial charge on any atom is -0.465 e. The van der Waals surface area contributed by atoms with Crippen LogP contribution in [0.3, 0.4) is 0 Å². The standard InChI is InChI=1S/C16H21ClN2O/c1-12-14(9-18-2)8-16(20-12)11-19(3)10-13-5-4-6-15(17)7-13/h4-8,18H,9-11H2,1-3H3. The minimum atomic E-state index is 0.779. The lowest BCUT2D eigenvalue weighted by Crippen LogP contribution is -2.16. The molecule has 20 heavy (non-hydrogen) atoms. The third kappa shape index (κ3) is 4.10. The molecule has 4 heteroatoms. The Morgan fingerprint density at radius 2 is 2.05 bits per heavy atom. The molecule has 0 aliphatic carbocycles. The highest BCUT2D eigenvalue weighted by atomic mass is 35.5. The molecule has 0 fully saturated rings. The van der Waals surface area contributed by atoms with Gasteiger partial charge in [-0.2, -0.15) is 0 Å². The van der Waals surface area contributed by atoms with Crippen molar-refractivity contribution in [2.45, 2.75) is 26.6 Å². The summed E-state index contributed by atoms with van der Waals surface area (Å²) in [5, 5.41) is 3.93. The van der Waals surface area contributed by atoms with E-state index < -0.39 is 0 Å². The molecule has 108 valence electrons. The SMILES string of the molecule is CNCc1cc(CN(C)Cc2cccc(Cl)c2)oc1C. The van der Waals surface area contributed by atoms with Gasteiger partial charge in [0.2, 0.25) is 0 Å². The number of halogens is 1. The van der Waals surface area contributed by atoms with Crippen molar-refractivity contribution in [3.8, 4) is 0 Å². The van der Waals surface area contributed by atoms with Crippen LogP contribution in [0.1, 0.15) is 22.6 Å². The molecule has 1 aromatic carbocycles. The molecule has 1 heterocycles. The van der Waals surface area contributed by atoms with Crippen LogP contribution in [0.2, 0.25) is 5.02 Å². The number of furan rings is 1. The number of nitrogens with zero attached hydrogens (tertiary/aromatic N) is 1. The number of benzene rings is 1. The van der Waals surface area contributed by atoms with Gasteiger partial charge >= 0.3 is 0 Å². The van der Waals surface area contributed by atoms with Gasteiger partial charge in [-0.25, -0.2) is 0 Å². The lowest BCUT2D eigenvalue weighted by Gasteiger charge is -2.15. The van der Waals surface area contributed by atoms with E-state index in [0.29, 0.717) is 0 Å². The molecule has 2 rings (SSSR count). The van der Waals surface area contributed by atoms with Gasteiger partial charge in [0.05, 0.1) is 6.54 Å². The van der Waals surface area contributed by atoms with Gasteiger partial charge in [0.15, 0.2) is 0 Å². The van der Waals surface area contributed by atoms with E-state index in [1.54, 1.807) is 0 Å². The van der Waals surface area contributed by atoms with Crippen molar-refractivity contribution in [2.24, 2.45) is 0 Å². The molecule has 0 saturated carbocycles. The molecule has 0 atom stereocenters. The second-order valence-electron chi connectivity index (χ2n) is 5.13. The van der Waals surface area contributed by atoms with Crippen LogP contribution in [0.4, 0.5) is 0 Å². The Kier molecular flexibility index (Phi) is 5.24. The number of hydrogen-bond acceptors (Lipinski definition) is 3. The fourth-order valence-electron chi connectivity index (χ4n) is 2.30. The highest BCUT2D eigenvalue weighted by molar-refractivity contribution is 6.30. The van der Waals surface area contributed by atoms with Gasteiger partial charge < -0.3 is 9.73 Å². The molecule has 0 aliphatic heterocycles. The Balaban J connectivity index is 1.97. The summed E-state index contributed by atoms with van der Waals surface area (Å²) in [7, 11) is 4.02. The molecular weight excluding hydrogens is 272 g/mol. The van der Waals surface area contributed by atoms with E-state index in [1.807, 2.05) is 32.2 Å². The maximum atomic E-state index is 6.00. The lowest BCUT2D eigenvalue weighted by atomic mass is 10.2. The largest absolute Gasteiger partial charge is 0.465 e. The van der Waals surface area contributed by atoms with Gasteiger partial charge in [-0.3, -0.25) is 4.90 Å². The first-order chi connectivity index (χ1) is 9.58. The van der Waals surface area contributed by atoms with Crippen LogP contribution in [0.25, 0.3) is 0 Å². The fraction of sp³-hybridized carbons (Fsp3) is 0.375. The van der Waals surface area contributed by atoms with Crippen molar-refractivity contribution in [3.05, 3.63) is 58.0 Å². The van der Waals surface area contributed by atoms with E-state index in [0.717, 1.165) is 36.2 Å². The summed E-state index contributed by atoms with van der Waals surface area (Å²) < 4.78 is 5.79. The Hall–Kier alpha value is -1.29. The first-order valence-corrected chi connectivity index (χ1v) is 7.12. The van der Waals surface area contributed by atoms with Crippen LogP contribution in [-0.4, -0.2) is 19.0 Å². The van der Waals surface area contributed by atoms with Crippen molar-refractivity contribution in [1.29, 1.82) is 0 Å². The predicted molar refractivity (Wildman–Crippen MR) is 82.8 cm³/mol. The van der Waals surface area contributed by atoms with Crippen LogP contribution in [0.5, 0.6) is 0 Å². The van der Waals surface area contributed by atoms with E-state index >= 15 is 0 Å². The zero-order valence-corrected chi connectivity index (χ0v) is 13.0. The van der Waals surface area contributed by atoms with Gasteiger partial charge in [0.1, 0.15) is 11.5 Å². The van der Waals surface area contributed by atoms with Crippen LogP contribution < -0.4 is 5.32 Å². The molecule has 0 bridgehead atoms. The summed E-state index contributed by atoms with van der Waals surface area (Å²) in [5.74, 6) is 1.99. The number of nitrogens with one attached hydrogen (secondary N) is 1. The number of aryl methyl sites for hydroxylation is 1. The van der Waals surface area contributed by atoms with Gasteiger partial charge in [-0.15, -0.1) is 0 Å². The van der Waals surface area contributed by atoms with Crippen LogP contribution in [0, 0.1) is 6.92 Å². The Morgan fingerprint density at radius 1 is 1.25 bits per heavy atom. The monoisotopic (exact) mass is 292 g/mol. The topological polar surface area (TPSA) is 28.4 Å². The Morgan fingerprint density at radius 3 is 2.75 bits per heavy atom. The van der Waals surface area contributed by atoms with E-state index in [1.165, 1.54) is 11.1 Å². The van der Waals surface area contributed by atoms with Gasteiger partial charge in [0.25, 0.3) is 0 Å². The summed E-state index contributed by atoms with van der Waals surface area (Å²) in [4.78, 5) is 2.22. The van der Waals surface area contributed by atoms with Gasteiger partial charge in [-0.1, -0.05) is 23.7 Å². The molecule has 3 nitrogen and oxygen atoms in total. The van der Waals surface area contributed by atoms with Crippen molar-refractivity contribution in [1.82, 2.24) is 10.2 Å². The zero-order valence-electron chi connectivity index (χ0n) is 12.2. The highest BCUT2D eigenvalue weighted by Gasteiger charge is 2.09. The summed E-state index contributed by atoms with van der Waals surface area (Å²) in [5.41, 5.74) is 2.43. The zero-order chi connectivity index (χ0) is 14.5. The molecule has 1 aromatic heterocycles. The third-order valence-electron chi connectivity index (χ3n) is 3.21. The van der Waals surface area contributed by atoms with E-state index in [4.69, 9.17) is 16.0 Å². The Bertz CT molecular complexity index is 565. The molecule has 0 radical (unpaired) electrons. The predicted octanol–water partition coefficient (Wildman–Crippen LogP) is 3.59. The molecule has 0 unspecified atom stereocenters. The van der Waals surface area contributed by atoms with Gasteiger partial charge in [0, 0.05) is 23.7 Å². The smallest absolute Gasteiger partial charge is 0.118 e. The van der Waals surface area contributed by atoms with E-state index in [9.17, 15) is 0 Å². The molecule has 0 saturated heterocycles. The highest BCUT2D eigenvalue weighted by Crippen LogP contribution is 2.17. The summed E-state index contributed by atoms with van der Waals surface area (Å²) in [6.07, 6.45) is 0. The summed E-state index contributed by atoms with van der Waals surface area (Å²) in [6, 6.07) is 10.1. The third-order valence-corrected chi connectivity index (χ3v) is 3.44. The average Bonchev–Trinajstić information content (AvgIpc) is 2.70. The van der Waals surface area contributed by atoms with Crippen LogP contribution >= 0.6 is 11.6 Å². The van der Waals surface area contributed by atoms with Crippen molar-refractivity contribution in [2.75, 3.05) is 14.1 Å². The summed E-state index contributed by atoms with van der Waals surface area (Å²) in [6.45, 7) is 4.49.